The number of hydrogen-bond acceptors (Lipinski definition) is 6. The molecule has 1 atom stereocenters. The third-order valence-electron chi connectivity index (χ3n) is 10.7. The second kappa shape index (κ2) is 15.4. The van der Waals surface area contributed by atoms with E-state index in [0.717, 1.165) is 89.0 Å². The third kappa shape index (κ3) is 7.95. The zero-order valence-corrected chi connectivity index (χ0v) is 28.6. The highest BCUT2D eigenvalue weighted by Gasteiger charge is 2.54. The van der Waals surface area contributed by atoms with Crippen LogP contribution in [0.2, 0.25) is 0 Å². The first-order valence-electron chi connectivity index (χ1n) is 17.5. The molecule has 3 amide bonds. The maximum absolute atomic E-state index is 13.9. The topological polar surface area (TPSA) is 102 Å². The second-order valence-electron chi connectivity index (χ2n) is 13.9. The van der Waals surface area contributed by atoms with Crippen LogP contribution in [0.4, 0.5) is 0 Å². The number of amides is 3. The fourth-order valence-corrected chi connectivity index (χ4v) is 7.85. The maximum Gasteiger partial charge on any atom is 0.253 e. The largest absolute Gasteiger partial charge is 0.457 e. The number of rotatable bonds is 10. The molecule has 0 aromatic heterocycles. The normalized spacial score (nSPS) is 22.6. The SMILES string of the molecule is CCCCN1C(=O)[C@@H](CC2(O)CCCCC2)NC(=O)C12CCN(Cc1ccc(Oc3ccc(C(=O)N4CCCC4)cc3)cc1)CC2.Cl. The third-order valence-corrected chi connectivity index (χ3v) is 10.7. The molecule has 2 N–H and O–H groups in total. The Balaban J connectivity index is 0.00000433. The lowest BCUT2D eigenvalue weighted by Gasteiger charge is -2.52. The van der Waals surface area contributed by atoms with E-state index in [1.807, 2.05) is 46.2 Å². The van der Waals surface area contributed by atoms with Gasteiger partial charge in [-0.05, 0) is 86.9 Å². The molecule has 1 saturated carbocycles. The highest BCUT2D eigenvalue weighted by molar-refractivity contribution is 6.00. The summed E-state index contributed by atoms with van der Waals surface area (Å²) in [6, 6.07) is 14.8. The number of nitrogens with one attached hydrogen (secondary N) is 1. The van der Waals surface area contributed by atoms with Gasteiger partial charge in [-0.2, -0.15) is 0 Å². The molecule has 0 bridgehead atoms. The van der Waals surface area contributed by atoms with Crippen molar-refractivity contribution in [1.82, 2.24) is 20.0 Å². The smallest absolute Gasteiger partial charge is 0.253 e. The molecule has 10 heteroatoms. The zero-order chi connectivity index (χ0) is 32.1. The van der Waals surface area contributed by atoms with Gasteiger partial charge in [-0.1, -0.05) is 44.7 Å². The van der Waals surface area contributed by atoms with Crippen LogP contribution in [0.5, 0.6) is 11.5 Å². The van der Waals surface area contributed by atoms with Crippen LogP contribution in [-0.2, 0) is 16.1 Å². The zero-order valence-electron chi connectivity index (χ0n) is 27.8. The number of piperidine rings is 1. The Kier molecular flexibility index (Phi) is 11.5. The second-order valence-corrected chi connectivity index (χ2v) is 13.9. The van der Waals surface area contributed by atoms with E-state index in [2.05, 4.69) is 29.3 Å². The Morgan fingerprint density at radius 1 is 0.872 bits per heavy atom. The van der Waals surface area contributed by atoms with Crippen LogP contribution in [-0.4, -0.2) is 87.4 Å². The van der Waals surface area contributed by atoms with Crippen LogP contribution >= 0.6 is 12.4 Å². The van der Waals surface area contributed by atoms with Gasteiger partial charge in [-0.25, -0.2) is 0 Å². The van der Waals surface area contributed by atoms with Crippen molar-refractivity contribution in [2.75, 3.05) is 32.7 Å². The first-order valence-corrected chi connectivity index (χ1v) is 17.5. The summed E-state index contributed by atoms with van der Waals surface area (Å²) in [5.41, 5.74) is 0.160. The number of nitrogens with zero attached hydrogens (tertiary/aromatic N) is 3. The Labute approximate surface area is 285 Å². The average Bonchev–Trinajstić information content (AvgIpc) is 3.61. The molecule has 3 aliphatic heterocycles. The molecule has 47 heavy (non-hydrogen) atoms. The van der Waals surface area contributed by atoms with Crippen molar-refractivity contribution in [2.24, 2.45) is 0 Å². The summed E-state index contributed by atoms with van der Waals surface area (Å²) in [5, 5.41) is 14.2. The van der Waals surface area contributed by atoms with Gasteiger partial charge in [0, 0.05) is 51.3 Å². The van der Waals surface area contributed by atoms with E-state index in [-0.39, 0.29) is 30.1 Å². The van der Waals surface area contributed by atoms with Gasteiger partial charge in [0.1, 0.15) is 23.1 Å². The average molecular weight is 667 g/mol. The molecule has 4 fully saturated rings. The monoisotopic (exact) mass is 666 g/mol. The van der Waals surface area contributed by atoms with E-state index in [9.17, 15) is 19.5 Å². The van der Waals surface area contributed by atoms with Crippen LogP contribution in [0.1, 0.15) is 99.9 Å². The predicted octanol–water partition coefficient (Wildman–Crippen LogP) is 5.68. The fourth-order valence-electron chi connectivity index (χ4n) is 7.85. The van der Waals surface area contributed by atoms with E-state index in [0.29, 0.717) is 50.0 Å². The Hall–Kier alpha value is -3.14. The van der Waals surface area contributed by atoms with Crippen molar-refractivity contribution in [3.05, 3.63) is 59.7 Å². The molecule has 2 aromatic rings. The van der Waals surface area contributed by atoms with Crippen LogP contribution in [0.15, 0.2) is 48.5 Å². The molecule has 3 saturated heterocycles. The highest BCUT2D eigenvalue weighted by Crippen LogP contribution is 2.38. The van der Waals surface area contributed by atoms with Crippen LogP contribution in [0.3, 0.4) is 0 Å². The summed E-state index contributed by atoms with van der Waals surface area (Å²) in [4.78, 5) is 46.4. The summed E-state index contributed by atoms with van der Waals surface area (Å²) in [5.74, 6) is 1.43. The van der Waals surface area contributed by atoms with Gasteiger partial charge in [0.25, 0.3) is 5.91 Å². The van der Waals surface area contributed by atoms with Gasteiger partial charge in [0.2, 0.25) is 11.8 Å². The fraction of sp³-hybridized carbons (Fsp3) is 0.595. The molecule has 3 heterocycles. The number of likely N-dealkylation sites (tertiary alicyclic amines) is 2. The minimum absolute atomic E-state index is 0. The van der Waals surface area contributed by atoms with Crippen LogP contribution in [0.25, 0.3) is 0 Å². The number of aliphatic hydroxyl groups is 1. The molecule has 0 unspecified atom stereocenters. The van der Waals surface area contributed by atoms with Gasteiger partial charge in [0.05, 0.1) is 5.60 Å². The quantitative estimate of drug-likeness (QED) is 0.338. The Morgan fingerprint density at radius 3 is 2.11 bits per heavy atom. The molecule has 256 valence electrons. The van der Waals surface area contributed by atoms with Crippen LogP contribution < -0.4 is 10.1 Å². The number of unbranched alkanes of at least 4 members (excludes halogenated alkanes) is 1. The number of carbonyl (C=O) groups excluding carboxylic acids is 3. The lowest BCUT2D eigenvalue weighted by atomic mass is 9.77. The summed E-state index contributed by atoms with van der Waals surface area (Å²) in [6.45, 7) is 6.55. The van der Waals surface area contributed by atoms with E-state index >= 15 is 0 Å². The Morgan fingerprint density at radius 2 is 1.49 bits per heavy atom. The molecule has 4 aliphatic rings. The van der Waals surface area contributed by atoms with E-state index in [1.54, 1.807) is 0 Å². The molecular weight excluding hydrogens is 616 g/mol. The van der Waals surface area contributed by atoms with Crippen molar-refractivity contribution in [2.45, 2.75) is 108 Å². The standard InChI is InChI=1S/C37H50N4O5.ClH/c1-2-3-23-41-34(43)32(26-36(45)17-5-4-6-18-36)38-35(44)37(41)19-24-39(25-20-37)27-28-9-13-30(14-10-28)46-31-15-11-29(12-16-31)33(42)40-21-7-8-22-40;/h9-16,32,45H,2-8,17-27H2,1H3,(H,38,44);1H/t32-;/m1./s1. The van der Waals surface area contributed by atoms with Crippen molar-refractivity contribution in [1.29, 1.82) is 0 Å². The molecule has 1 aliphatic carbocycles. The molecular formula is C37H51ClN4O5. The predicted molar refractivity (Wildman–Crippen MR) is 184 cm³/mol. The minimum atomic E-state index is -0.866. The number of hydrogen-bond donors (Lipinski definition) is 2. The summed E-state index contributed by atoms with van der Waals surface area (Å²) < 4.78 is 6.05. The number of piperazine rings is 1. The van der Waals surface area contributed by atoms with E-state index in [4.69, 9.17) is 4.74 Å². The van der Waals surface area contributed by atoms with Crippen molar-refractivity contribution in [3.63, 3.8) is 0 Å². The van der Waals surface area contributed by atoms with Crippen molar-refractivity contribution >= 4 is 30.1 Å². The van der Waals surface area contributed by atoms with Gasteiger partial charge in [0.15, 0.2) is 0 Å². The molecule has 9 nitrogen and oxygen atoms in total. The number of halogens is 1. The van der Waals surface area contributed by atoms with E-state index in [1.165, 1.54) is 0 Å². The highest BCUT2D eigenvalue weighted by atomic mass is 35.5. The number of carbonyl (C=O) groups is 3. The van der Waals surface area contributed by atoms with Gasteiger partial charge in [-0.15, -0.1) is 12.4 Å². The first-order chi connectivity index (χ1) is 22.3. The number of benzene rings is 2. The molecule has 2 aromatic carbocycles. The van der Waals surface area contributed by atoms with Gasteiger partial charge >= 0.3 is 0 Å². The van der Waals surface area contributed by atoms with Gasteiger partial charge in [-0.3, -0.25) is 19.3 Å². The maximum atomic E-state index is 13.9. The molecule has 6 rings (SSSR count). The lowest BCUT2D eigenvalue weighted by molar-refractivity contribution is -0.163. The van der Waals surface area contributed by atoms with Crippen molar-refractivity contribution < 1.29 is 24.2 Å². The lowest BCUT2D eigenvalue weighted by Crippen LogP contribution is -2.73. The minimum Gasteiger partial charge on any atom is -0.457 e. The summed E-state index contributed by atoms with van der Waals surface area (Å²) in [7, 11) is 0. The van der Waals surface area contributed by atoms with E-state index < -0.39 is 17.2 Å². The molecule has 0 radical (unpaired) electrons. The summed E-state index contributed by atoms with van der Waals surface area (Å²) >= 11 is 0. The van der Waals surface area contributed by atoms with Crippen molar-refractivity contribution in [3.8, 4) is 11.5 Å². The summed E-state index contributed by atoms with van der Waals surface area (Å²) in [6.07, 6.45) is 9.91. The van der Waals surface area contributed by atoms with Gasteiger partial charge < -0.3 is 25.0 Å². The first kappa shape index (κ1) is 35.2. The Bertz CT molecular complexity index is 1360. The number of ether oxygens (including phenoxy) is 1. The molecule has 1 spiro atoms. The van der Waals surface area contributed by atoms with Crippen LogP contribution in [0, 0.1) is 0 Å².